The van der Waals surface area contributed by atoms with Crippen molar-refractivity contribution < 1.29 is 14.3 Å². The van der Waals surface area contributed by atoms with E-state index in [-0.39, 0.29) is 5.82 Å². The van der Waals surface area contributed by atoms with E-state index >= 15 is 0 Å². The molecule has 1 aromatic heterocycles. The lowest BCUT2D eigenvalue weighted by Gasteiger charge is -2.07. The van der Waals surface area contributed by atoms with Gasteiger partial charge in [-0.05, 0) is 60.2 Å². The van der Waals surface area contributed by atoms with E-state index < -0.39 is 5.97 Å². The average Bonchev–Trinajstić information content (AvgIpc) is 2.91. The third kappa shape index (κ3) is 3.71. The molecular formula is C20H18FNO2. The van der Waals surface area contributed by atoms with Gasteiger partial charge in [-0.25, -0.2) is 9.18 Å². The van der Waals surface area contributed by atoms with Gasteiger partial charge in [0.05, 0.1) is 0 Å². The fourth-order valence-electron chi connectivity index (χ4n) is 2.87. The summed E-state index contributed by atoms with van der Waals surface area (Å²) in [5.74, 6) is -1.15. The zero-order valence-corrected chi connectivity index (χ0v) is 13.4. The molecule has 0 saturated carbocycles. The Balaban J connectivity index is 1.83. The first-order chi connectivity index (χ1) is 11.5. The molecule has 122 valence electrons. The minimum Gasteiger partial charge on any atom is -0.478 e. The van der Waals surface area contributed by atoms with E-state index in [1.807, 2.05) is 31.3 Å². The SMILES string of the molecule is CC(=CC(=O)O)Cc1ccc2c(ccn2Cc2ccc(F)cc2)c1. The molecule has 3 rings (SSSR count). The molecule has 0 bridgehead atoms. The Hall–Kier alpha value is -2.88. The highest BCUT2D eigenvalue weighted by Crippen LogP contribution is 2.20. The van der Waals surface area contributed by atoms with Crippen LogP contribution in [0, 0.1) is 5.82 Å². The zero-order chi connectivity index (χ0) is 17.1. The predicted molar refractivity (Wildman–Crippen MR) is 92.5 cm³/mol. The number of fused-ring (bicyclic) bond motifs is 1. The molecule has 0 spiro atoms. The number of nitrogens with zero attached hydrogens (tertiary/aromatic N) is 1. The van der Waals surface area contributed by atoms with Gasteiger partial charge in [0.15, 0.2) is 0 Å². The first kappa shape index (κ1) is 16.0. The van der Waals surface area contributed by atoms with Crippen LogP contribution < -0.4 is 0 Å². The highest BCUT2D eigenvalue weighted by Gasteiger charge is 2.05. The minimum absolute atomic E-state index is 0.231. The second-order valence-electron chi connectivity index (χ2n) is 5.97. The van der Waals surface area contributed by atoms with Crippen LogP contribution in [-0.4, -0.2) is 15.6 Å². The molecule has 0 radical (unpaired) electrons. The largest absolute Gasteiger partial charge is 0.478 e. The maximum Gasteiger partial charge on any atom is 0.328 e. The topological polar surface area (TPSA) is 42.2 Å². The summed E-state index contributed by atoms with van der Waals surface area (Å²) < 4.78 is 15.1. The quantitative estimate of drug-likeness (QED) is 0.707. The molecular weight excluding hydrogens is 305 g/mol. The molecule has 1 N–H and O–H groups in total. The first-order valence-electron chi connectivity index (χ1n) is 7.73. The van der Waals surface area contributed by atoms with E-state index in [1.54, 1.807) is 12.1 Å². The minimum atomic E-state index is -0.918. The van der Waals surface area contributed by atoms with Crippen molar-refractivity contribution in [3.63, 3.8) is 0 Å². The van der Waals surface area contributed by atoms with Crippen LogP contribution >= 0.6 is 0 Å². The maximum absolute atomic E-state index is 13.0. The summed E-state index contributed by atoms with van der Waals surface area (Å²) >= 11 is 0. The number of aliphatic carboxylic acids is 1. The standard InChI is InChI=1S/C20H18FNO2/c1-14(11-20(23)24)10-16-4-7-19-17(12-16)8-9-22(19)13-15-2-5-18(21)6-3-15/h2-9,11-12H,10,13H2,1H3,(H,23,24). The van der Waals surface area contributed by atoms with Crippen molar-refractivity contribution in [3.8, 4) is 0 Å². The van der Waals surface area contributed by atoms with Crippen LogP contribution in [0.4, 0.5) is 4.39 Å². The number of hydrogen-bond donors (Lipinski definition) is 1. The highest BCUT2D eigenvalue weighted by molar-refractivity contribution is 5.82. The number of carbonyl (C=O) groups is 1. The van der Waals surface area contributed by atoms with E-state index in [2.05, 4.69) is 10.6 Å². The van der Waals surface area contributed by atoms with Gasteiger partial charge in [0.2, 0.25) is 0 Å². The Bertz CT molecular complexity index is 907. The molecule has 1 heterocycles. The van der Waals surface area contributed by atoms with Crippen LogP contribution in [-0.2, 0) is 17.8 Å². The summed E-state index contributed by atoms with van der Waals surface area (Å²) in [5.41, 5.74) is 4.03. The van der Waals surface area contributed by atoms with Gasteiger partial charge < -0.3 is 9.67 Å². The zero-order valence-electron chi connectivity index (χ0n) is 13.4. The lowest BCUT2D eigenvalue weighted by Crippen LogP contribution is -1.98. The number of carboxylic acids is 1. The number of aromatic nitrogens is 1. The summed E-state index contributed by atoms with van der Waals surface area (Å²) in [4.78, 5) is 10.7. The molecule has 0 saturated heterocycles. The third-order valence-electron chi connectivity index (χ3n) is 3.95. The summed E-state index contributed by atoms with van der Waals surface area (Å²) in [5, 5.41) is 9.90. The van der Waals surface area contributed by atoms with Crippen LogP contribution in [0.2, 0.25) is 0 Å². The van der Waals surface area contributed by atoms with Crippen molar-refractivity contribution in [2.75, 3.05) is 0 Å². The summed E-state index contributed by atoms with van der Waals surface area (Å²) in [6.45, 7) is 2.50. The Morgan fingerprint density at radius 2 is 1.83 bits per heavy atom. The number of rotatable bonds is 5. The molecule has 0 fully saturated rings. The summed E-state index contributed by atoms with van der Waals surface area (Å²) in [6.07, 6.45) is 3.87. The van der Waals surface area contributed by atoms with E-state index in [0.29, 0.717) is 13.0 Å². The normalized spacial score (nSPS) is 11.8. The van der Waals surface area contributed by atoms with E-state index in [4.69, 9.17) is 5.11 Å². The Morgan fingerprint density at radius 1 is 1.12 bits per heavy atom. The third-order valence-corrected chi connectivity index (χ3v) is 3.95. The predicted octanol–water partition coefficient (Wildman–Crippen LogP) is 4.40. The van der Waals surface area contributed by atoms with Gasteiger partial charge in [-0.2, -0.15) is 0 Å². The molecule has 2 aromatic carbocycles. The van der Waals surface area contributed by atoms with Crippen LogP contribution in [0.15, 0.2) is 66.4 Å². The molecule has 0 amide bonds. The van der Waals surface area contributed by atoms with Gasteiger partial charge in [-0.3, -0.25) is 0 Å². The van der Waals surface area contributed by atoms with Crippen molar-refractivity contribution >= 4 is 16.9 Å². The monoisotopic (exact) mass is 323 g/mol. The van der Waals surface area contributed by atoms with Gasteiger partial charge in [0, 0.05) is 24.3 Å². The molecule has 0 aliphatic rings. The highest BCUT2D eigenvalue weighted by atomic mass is 19.1. The van der Waals surface area contributed by atoms with E-state index in [9.17, 15) is 9.18 Å². The number of carboxylic acid groups (broad SMARTS) is 1. The molecule has 4 heteroatoms. The van der Waals surface area contributed by atoms with E-state index in [1.165, 1.54) is 18.2 Å². The maximum atomic E-state index is 13.0. The molecule has 0 atom stereocenters. The number of allylic oxidation sites excluding steroid dienone is 1. The van der Waals surface area contributed by atoms with Gasteiger partial charge >= 0.3 is 5.97 Å². The van der Waals surface area contributed by atoms with Crippen molar-refractivity contribution in [3.05, 3.63) is 83.3 Å². The second-order valence-corrected chi connectivity index (χ2v) is 5.97. The molecule has 0 aliphatic carbocycles. The molecule has 3 nitrogen and oxygen atoms in total. The van der Waals surface area contributed by atoms with Gasteiger partial charge in [0.1, 0.15) is 5.82 Å². The fraction of sp³-hybridized carbons (Fsp3) is 0.150. The van der Waals surface area contributed by atoms with Crippen LogP contribution in [0.25, 0.3) is 10.9 Å². The average molecular weight is 323 g/mol. The van der Waals surface area contributed by atoms with Crippen LogP contribution in [0.5, 0.6) is 0 Å². The van der Waals surface area contributed by atoms with Crippen LogP contribution in [0.3, 0.4) is 0 Å². The Labute approximate surface area is 139 Å². The summed E-state index contributed by atoms with van der Waals surface area (Å²) in [6, 6.07) is 14.7. The summed E-state index contributed by atoms with van der Waals surface area (Å²) in [7, 11) is 0. The fourth-order valence-corrected chi connectivity index (χ4v) is 2.87. The number of benzene rings is 2. The lowest BCUT2D eigenvalue weighted by atomic mass is 10.0. The molecule has 24 heavy (non-hydrogen) atoms. The van der Waals surface area contributed by atoms with Crippen molar-refractivity contribution in [2.45, 2.75) is 19.9 Å². The van der Waals surface area contributed by atoms with Crippen molar-refractivity contribution in [1.29, 1.82) is 0 Å². The Kier molecular flexibility index (Phi) is 4.47. The van der Waals surface area contributed by atoms with Gasteiger partial charge in [-0.15, -0.1) is 0 Å². The van der Waals surface area contributed by atoms with Gasteiger partial charge in [-0.1, -0.05) is 23.8 Å². The van der Waals surface area contributed by atoms with Crippen molar-refractivity contribution in [2.24, 2.45) is 0 Å². The van der Waals surface area contributed by atoms with E-state index in [0.717, 1.165) is 27.6 Å². The van der Waals surface area contributed by atoms with Crippen LogP contribution in [0.1, 0.15) is 18.1 Å². The first-order valence-corrected chi connectivity index (χ1v) is 7.73. The molecule has 0 unspecified atom stereocenters. The molecule has 0 aliphatic heterocycles. The number of halogens is 1. The smallest absolute Gasteiger partial charge is 0.328 e. The number of hydrogen-bond acceptors (Lipinski definition) is 1. The second kappa shape index (κ2) is 6.71. The van der Waals surface area contributed by atoms with Gasteiger partial charge in [0.25, 0.3) is 0 Å². The lowest BCUT2D eigenvalue weighted by molar-refractivity contribution is -0.131. The Morgan fingerprint density at radius 3 is 2.54 bits per heavy atom. The van der Waals surface area contributed by atoms with Crippen molar-refractivity contribution in [1.82, 2.24) is 4.57 Å². The molecule has 3 aromatic rings.